The zero-order valence-corrected chi connectivity index (χ0v) is 15.2. The number of thioether (sulfide) groups is 1. The smallest absolute Gasteiger partial charge is 0.273 e. The summed E-state index contributed by atoms with van der Waals surface area (Å²) in [4.78, 5) is 30.3. The van der Waals surface area contributed by atoms with Crippen molar-refractivity contribution in [3.63, 3.8) is 0 Å². The molecule has 2 aromatic heterocycles. The Balaban J connectivity index is 1.70. The highest BCUT2D eigenvalue weighted by Crippen LogP contribution is 2.36. The van der Waals surface area contributed by atoms with Gasteiger partial charge >= 0.3 is 0 Å². The van der Waals surface area contributed by atoms with Crippen molar-refractivity contribution in [1.82, 2.24) is 9.55 Å². The summed E-state index contributed by atoms with van der Waals surface area (Å²) in [6.07, 6.45) is 3.08. The van der Waals surface area contributed by atoms with Gasteiger partial charge < -0.3 is 0 Å². The van der Waals surface area contributed by atoms with Gasteiger partial charge in [-0.25, -0.2) is 4.98 Å². The van der Waals surface area contributed by atoms with Gasteiger partial charge in [0.05, 0.1) is 10.3 Å². The number of aryl methyl sites for hydroxylation is 2. The molecule has 3 aromatic rings. The highest BCUT2D eigenvalue weighted by molar-refractivity contribution is 7.98. The molecular formula is C17H15N3O3S2. The fourth-order valence-corrected chi connectivity index (χ4v) is 5.46. The van der Waals surface area contributed by atoms with Gasteiger partial charge in [0.1, 0.15) is 4.83 Å². The average molecular weight is 373 g/mol. The van der Waals surface area contributed by atoms with Crippen molar-refractivity contribution in [2.24, 2.45) is 7.05 Å². The maximum Gasteiger partial charge on any atom is 0.273 e. The first-order valence-corrected chi connectivity index (χ1v) is 9.73. The van der Waals surface area contributed by atoms with Crippen LogP contribution >= 0.6 is 23.1 Å². The Kier molecular flexibility index (Phi) is 4.09. The van der Waals surface area contributed by atoms with Crippen molar-refractivity contribution in [2.45, 2.75) is 30.2 Å². The first-order valence-electron chi connectivity index (χ1n) is 7.92. The fraction of sp³-hybridized carbons (Fsp3) is 0.294. The van der Waals surface area contributed by atoms with E-state index in [1.165, 1.54) is 28.3 Å². The molecule has 4 rings (SSSR count). The Labute approximate surface area is 151 Å². The van der Waals surface area contributed by atoms with Crippen molar-refractivity contribution in [3.8, 4) is 0 Å². The van der Waals surface area contributed by atoms with Gasteiger partial charge in [-0.3, -0.25) is 19.5 Å². The Hall–Kier alpha value is -2.19. The molecule has 1 aromatic carbocycles. The molecule has 0 N–H and O–H groups in total. The number of nitro groups is 1. The summed E-state index contributed by atoms with van der Waals surface area (Å²) < 4.78 is 1.56. The van der Waals surface area contributed by atoms with E-state index >= 15 is 0 Å². The van der Waals surface area contributed by atoms with Gasteiger partial charge in [0, 0.05) is 29.3 Å². The minimum Gasteiger partial charge on any atom is -0.290 e. The van der Waals surface area contributed by atoms with Crippen LogP contribution in [0, 0.1) is 10.1 Å². The second kappa shape index (κ2) is 6.27. The summed E-state index contributed by atoms with van der Waals surface area (Å²) in [6, 6.07) is 6.67. The predicted octanol–water partition coefficient (Wildman–Crippen LogP) is 3.68. The van der Waals surface area contributed by atoms with Crippen LogP contribution in [0.15, 0.2) is 34.2 Å². The van der Waals surface area contributed by atoms with Crippen molar-refractivity contribution in [1.29, 1.82) is 0 Å². The molecule has 2 heterocycles. The number of fused-ring (bicyclic) bond motifs is 3. The van der Waals surface area contributed by atoms with Crippen LogP contribution in [0.25, 0.3) is 10.2 Å². The molecule has 0 saturated heterocycles. The molecule has 6 nitrogen and oxygen atoms in total. The average Bonchev–Trinajstić information content (AvgIpc) is 3.17. The number of nitrogens with zero attached hydrogens (tertiary/aromatic N) is 3. The van der Waals surface area contributed by atoms with Crippen LogP contribution in [0.5, 0.6) is 0 Å². The van der Waals surface area contributed by atoms with Crippen LogP contribution in [-0.4, -0.2) is 14.5 Å². The third kappa shape index (κ3) is 2.75. The number of hydrogen-bond donors (Lipinski definition) is 0. The van der Waals surface area contributed by atoms with Crippen LogP contribution in [-0.2, 0) is 25.6 Å². The lowest BCUT2D eigenvalue weighted by atomic mass is 10.2. The lowest BCUT2D eigenvalue weighted by Crippen LogP contribution is -2.20. The van der Waals surface area contributed by atoms with Crippen LogP contribution < -0.4 is 5.56 Å². The lowest BCUT2D eigenvalue weighted by molar-refractivity contribution is -0.385. The summed E-state index contributed by atoms with van der Waals surface area (Å²) in [5.41, 5.74) is 1.87. The number of para-hydroxylation sites is 1. The van der Waals surface area contributed by atoms with Gasteiger partial charge in [0.25, 0.3) is 11.2 Å². The number of benzene rings is 1. The molecule has 0 aliphatic heterocycles. The lowest BCUT2D eigenvalue weighted by Gasteiger charge is -2.08. The molecule has 0 unspecified atom stereocenters. The Morgan fingerprint density at radius 3 is 2.96 bits per heavy atom. The van der Waals surface area contributed by atoms with E-state index in [-0.39, 0.29) is 16.2 Å². The van der Waals surface area contributed by atoms with E-state index in [1.807, 2.05) is 0 Å². The van der Waals surface area contributed by atoms with Crippen molar-refractivity contribution in [2.75, 3.05) is 0 Å². The van der Waals surface area contributed by atoms with E-state index in [9.17, 15) is 14.9 Å². The largest absolute Gasteiger partial charge is 0.290 e. The van der Waals surface area contributed by atoms with E-state index in [4.69, 9.17) is 0 Å². The SMILES string of the molecule is Cn1c(SCc2ccccc2[N+](=O)[O-])nc2sc3c(c2c1=O)CCC3. The molecule has 0 radical (unpaired) electrons. The van der Waals surface area contributed by atoms with E-state index in [1.54, 1.807) is 41.2 Å². The molecule has 1 aliphatic rings. The minimum absolute atomic E-state index is 0.0190. The van der Waals surface area contributed by atoms with Gasteiger partial charge in [-0.1, -0.05) is 30.0 Å². The summed E-state index contributed by atoms with van der Waals surface area (Å²) in [6.45, 7) is 0. The molecule has 0 amide bonds. The van der Waals surface area contributed by atoms with Gasteiger partial charge in [0.2, 0.25) is 0 Å². The van der Waals surface area contributed by atoms with Crippen LogP contribution in [0.3, 0.4) is 0 Å². The topological polar surface area (TPSA) is 78.0 Å². The summed E-state index contributed by atoms with van der Waals surface area (Å²) in [7, 11) is 1.72. The zero-order chi connectivity index (χ0) is 17.6. The number of thiophene rings is 1. The second-order valence-electron chi connectivity index (χ2n) is 5.97. The molecule has 0 fully saturated rings. The Bertz CT molecular complexity index is 1060. The van der Waals surface area contributed by atoms with E-state index in [0.717, 1.165) is 29.5 Å². The fourth-order valence-electron chi connectivity index (χ4n) is 3.19. The van der Waals surface area contributed by atoms with Gasteiger partial charge in [-0.15, -0.1) is 11.3 Å². The normalized spacial score (nSPS) is 13.3. The molecule has 0 saturated carbocycles. The molecule has 0 bridgehead atoms. The first-order chi connectivity index (χ1) is 12.1. The molecule has 0 atom stereocenters. The van der Waals surface area contributed by atoms with Gasteiger partial charge in [-0.2, -0.15) is 0 Å². The highest BCUT2D eigenvalue weighted by atomic mass is 32.2. The minimum atomic E-state index is -0.380. The van der Waals surface area contributed by atoms with Crippen molar-refractivity contribution in [3.05, 3.63) is 60.7 Å². The molecule has 8 heteroatoms. The molecule has 1 aliphatic carbocycles. The summed E-state index contributed by atoms with van der Waals surface area (Å²) in [5, 5.41) is 12.5. The number of rotatable bonds is 4. The zero-order valence-electron chi connectivity index (χ0n) is 13.5. The number of hydrogen-bond acceptors (Lipinski definition) is 6. The standard InChI is InChI=1S/C17H15N3O3S2/c1-19-16(21)14-11-6-4-8-13(11)25-15(14)18-17(19)24-9-10-5-2-3-7-12(10)20(22)23/h2-3,5,7H,4,6,8-9H2,1H3. The maximum absolute atomic E-state index is 12.8. The van der Waals surface area contributed by atoms with Crippen LogP contribution in [0.4, 0.5) is 5.69 Å². The Morgan fingerprint density at radius 1 is 1.36 bits per heavy atom. The molecule has 0 spiro atoms. The quantitative estimate of drug-likeness (QED) is 0.302. The summed E-state index contributed by atoms with van der Waals surface area (Å²) in [5.74, 6) is 0.397. The second-order valence-corrected chi connectivity index (χ2v) is 8.00. The van der Waals surface area contributed by atoms with Crippen LogP contribution in [0.2, 0.25) is 0 Å². The molecule has 128 valence electrons. The van der Waals surface area contributed by atoms with E-state index in [2.05, 4.69) is 4.98 Å². The van der Waals surface area contributed by atoms with Crippen molar-refractivity contribution >= 4 is 39.0 Å². The maximum atomic E-state index is 12.8. The van der Waals surface area contributed by atoms with Gasteiger partial charge in [-0.05, 0) is 24.8 Å². The monoisotopic (exact) mass is 373 g/mol. The van der Waals surface area contributed by atoms with Gasteiger partial charge in [0.15, 0.2) is 5.16 Å². The van der Waals surface area contributed by atoms with Crippen molar-refractivity contribution < 1.29 is 4.92 Å². The summed E-state index contributed by atoms with van der Waals surface area (Å²) >= 11 is 2.96. The highest BCUT2D eigenvalue weighted by Gasteiger charge is 2.22. The number of nitro benzene ring substituents is 1. The predicted molar refractivity (Wildman–Crippen MR) is 99.5 cm³/mol. The Morgan fingerprint density at radius 2 is 2.16 bits per heavy atom. The number of aromatic nitrogens is 2. The third-order valence-corrected chi connectivity index (χ3v) is 6.71. The molecular weight excluding hydrogens is 358 g/mol. The third-order valence-electron chi connectivity index (χ3n) is 4.45. The van der Waals surface area contributed by atoms with Crippen LogP contribution in [0.1, 0.15) is 22.4 Å². The van der Waals surface area contributed by atoms with E-state index in [0.29, 0.717) is 16.5 Å². The first kappa shape index (κ1) is 16.3. The molecule has 25 heavy (non-hydrogen) atoms. The van der Waals surface area contributed by atoms with E-state index < -0.39 is 0 Å².